The lowest BCUT2D eigenvalue weighted by Crippen LogP contribution is -2.35. The Hall–Kier alpha value is -2.20. The van der Waals surface area contributed by atoms with Crippen molar-refractivity contribution in [2.75, 3.05) is 19.0 Å². The first-order chi connectivity index (χ1) is 12.1. The Morgan fingerprint density at radius 2 is 2.12 bits per heavy atom. The number of ether oxygens (including phenoxy) is 1. The van der Waals surface area contributed by atoms with Crippen molar-refractivity contribution in [1.82, 2.24) is 5.32 Å². The highest BCUT2D eigenvalue weighted by Gasteiger charge is 2.21. The average Bonchev–Trinajstić information content (AvgIpc) is 2.62. The molecule has 0 aromatic heterocycles. The van der Waals surface area contributed by atoms with Crippen molar-refractivity contribution in [2.24, 2.45) is 0 Å². The molecule has 0 saturated heterocycles. The van der Waals surface area contributed by atoms with E-state index in [0.29, 0.717) is 10.8 Å². The van der Waals surface area contributed by atoms with Gasteiger partial charge in [-0.1, -0.05) is 35.9 Å². The van der Waals surface area contributed by atoms with E-state index in [1.165, 1.54) is 11.1 Å². The Morgan fingerprint density at radius 1 is 1.32 bits per heavy atom. The first-order valence-electron chi connectivity index (χ1n) is 8.53. The highest BCUT2D eigenvalue weighted by molar-refractivity contribution is 6.31. The molecule has 0 heterocycles. The van der Waals surface area contributed by atoms with E-state index in [1.54, 1.807) is 13.2 Å². The molecule has 1 atom stereocenters. The second kappa shape index (κ2) is 7.79. The molecule has 4 nitrogen and oxygen atoms in total. The van der Waals surface area contributed by atoms with E-state index >= 15 is 0 Å². The highest BCUT2D eigenvalue weighted by atomic mass is 35.5. The zero-order valence-electron chi connectivity index (χ0n) is 14.6. The molecule has 0 fully saturated rings. The van der Waals surface area contributed by atoms with Gasteiger partial charge in [-0.15, -0.1) is 0 Å². The molecule has 5 heteroatoms. The molecule has 1 aliphatic rings. The number of benzene rings is 2. The van der Waals surface area contributed by atoms with Crippen LogP contribution in [0.4, 0.5) is 5.69 Å². The Bertz CT molecular complexity index is 776. The van der Waals surface area contributed by atoms with Crippen LogP contribution in [0.15, 0.2) is 36.4 Å². The maximum absolute atomic E-state index is 12.4. The molecule has 132 valence electrons. The third-order valence-corrected chi connectivity index (χ3v) is 5.03. The number of methoxy groups -OCH3 is 1. The molecule has 3 rings (SSSR count). The van der Waals surface area contributed by atoms with Gasteiger partial charge in [0.15, 0.2) is 0 Å². The van der Waals surface area contributed by atoms with Crippen LogP contribution in [0.5, 0.6) is 5.75 Å². The summed E-state index contributed by atoms with van der Waals surface area (Å²) in [5.41, 5.74) is 4.28. The van der Waals surface area contributed by atoms with Gasteiger partial charge in [-0.25, -0.2) is 0 Å². The molecule has 2 aromatic carbocycles. The van der Waals surface area contributed by atoms with Gasteiger partial charge in [-0.3, -0.25) is 4.79 Å². The smallest absolute Gasteiger partial charge is 0.239 e. The number of rotatable bonds is 5. The number of aryl methyl sites for hydroxylation is 2. The summed E-state index contributed by atoms with van der Waals surface area (Å²) in [5, 5.41) is 6.93. The molecular formula is C20H23ClN2O2. The minimum atomic E-state index is -0.0311. The van der Waals surface area contributed by atoms with Gasteiger partial charge < -0.3 is 15.4 Å². The molecule has 0 radical (unpaired) electrons. The second-order valence-corrected chi connectivity index (χ2v) is 6.77. The predicted octanol–water partition coefficient (Wildman–Crippen LogP) is 4.26. The summed E-state index contributed by atoms with van der Waals surface area (Å²) < 4.78 is 5.33. The van der Waals surface area contributed by atoms with Gasteiger partial charge in [0.2, 0.25) is 5.91 Å². The van der Waals surface area contributed by atoms with Crippen molar-refractivity contribution < 1.29 is 9.53 Å². The van der Waals surface area contributed by atoms with Gasteiger partial charge in [0.25, 0.3) is 0 Å². The topological polar surface area (TPSA) is 50.4 Å². The number of nitrogens with one attached hydrogen (secondary N) is 2. The fourth-order valence-electron chi connectivity index (χ4n) is 3.30. The van der Waals surface area contributed by atoms with E-state index in [2.05, 4.69) is 28.8 Å². The molecule has 0 saturated carbocycles. The van der Waals surface area contributed by atoms with E-state index in [4.69, 9.17) is 16.3 Å². The lowest BCUT2D eigenvalue weighted by molar-refractivity contribution is -0.120. The summed E-state index contributed by atoms with van der Waals surface area (Å²) in [6.07, 6.45) is 3.16. The minimum Gasteiger partial charge on any atom is -0.495 e. The third kappa shape index (κ3) is 4.07. The maximum Gasteiger partial charge on any atom is 0.239 e. The first-order valence-corrected chi connectivity index (χ1v) is 8.91. The van der Waals surface area contributed by atoms with Crippen LogP contribution in [-0.2, 0) is 11.2 Å². The van der Waals surface area contributed by atoms with Crippen molar-refractivity contribution in [1.29, 1.82) is 0 Å². The van der Waals surface area contributed by atoms with E-state index in [9.17, 15) is 4.79 Å². The maximum atomic E-state index is 12.4. The Labute approximate surface area is 153 Å². The summed E-state index contributed by atoms with van der Waals surface area (Å²) >= 11 is 6.12. The second-order valence-electron chi connectivity index (χ2n) is 6.37. The van der Waals surface area contributed by atoms with Crippen molar-refractivity contribution >= 4 is 23.2 Å². The monoisotopic (exact) mass is 358 g/mol. The van der Waals surface area contributed by atoms with Gasteiger partial charge in [0.1, 0.15) is 5.75 Å². The number of hydrogen-bond donors (Lipinski definition) is 2. The molecule has 1 unspecified atom stereocenters. The fraction of sp³-hybridized carbons (Fsp3) is 0.350. The van der Waals surface area contributed by atoms with Crippen molar-refractivity contribution in [3.8, 4) is 5.75 Å². The number of amides is 1. The van der Waals surface area contributed by atoms with Gasteiger partial charge in [-0.05, 0) is 48.9 Å². The molecule has 0 bridgehead atoms. The van der Waals surface area contributed by atoms with Crippen molar-refractivity contribution in [3.63, 3.8) is 0 Å². The van der Waals surface area contributed by atoms with E-state index in [-0.39, 0.29) is 18.5 Å². The highest BCUT2D eigenvalue weighted by Crippen LogP contribution is 2.31. The normalized spacial score (nSPS) is 16.0. The van der Waals surface area contributed by atoms with Crippen LogP contribution in [0.2, 0.25) is 5.02 Å². The number of hydrogen-bond acceptors (Lipinski definition) is 3. The predicted molar refractivity (Wildman–Crippen MR) is 101 cm³/mol. The van der Waals surface area contributed by atoms with Gasteiger partial charge >= 0.3 is 0 Å². The number of halogens is 1. The summed E-state index contributed by atoms with van der Waals surface area (Å²) in [6, 6.07) is 12.1. The summed E-state index contributed by atoms with van der Waals surface area (Å²) in [7, 11) is 1.59. The van der Waals surface area contributed by atoms with Gasteiger partial charge in [0, 0.05) is 11.1 Å². The fourth-order valence-corrected chi connectivity index (χ4v) is 3.45. The Balaban J connectivity index is 1.64. The number of carbonyl (C=O) groups is 1. The quantitative estimate of drug-likeness (QED) is 0.839. The molecule has 0 spiro atoms. The van der Waals surface area contributed by atoms with Crippen molar-refractivity contribution in [2.45, 2.75) is 32.2 Å². The summed E-state index contributed by atoms with van der Waals surface area (Å²) in [6.45, 7) is 2.11. The average molecular weight is 359 g/mol. The van der Waals surface area contributed by atoms with Crippen LogP contribution >= 0.6 is 11.6 Å². The van der Waals surface area contributed by atoms with E-state index in [1.807, 2.05) is 19.1 Å². The Morgan fingerprint density at radius 3 is 2.92 bits per heavy atom. The SMILES string of the molecule is COc1cc(Cl)c(C)cc1NCC(=O)NC1CCCc2ccccc21. The van der Waals surface area contributed by atoms with Crippen LogP contribution in [-0.4, -0.2) is 19.6 Å². The van der Waals surface area contributed by atoms with Crippen LogP contribution in [0, 0.1) is 6.92 Å². The molecule has 2 aromatic rings. The lowest BCUT2D eigenvalue weighted by atomic mass is 9.88. The zero-order chi connectivity index (χ0) is 17.8. The Kier molecular flexibility index (Phi) is 5.49. The van der Waals surface area contributed by atoms with Crippen LogP contribution in [0.25, 0.3) is 0 Å². The number of carbonyl (C=O) groups excluding carboxylic acids is 1. The minimum absolute atomic E-state index is 0.0311. The molecule has 25 heavy (non-hydrogen) atoms. The first kappa shape index (κ1) is 17.6. The summed E-state index contributed by atoms with van der Waals surface area (Å²) in [4.78, 5) is 12.4. The van der Waals surface area contributed by atoms with E-state index in [0.717, 1.165) is 30.5 Å². The zero-order valence-corrected chi connectivity index (χ0v) is 15.3. The molecular weight excluding hydrogens is 336 g/mol. The third-order valence-electron chi connectivity index (χ3n) is 4.62. The van der Waals surface area contributed by atoms with Gasteiger partial charge in [-0.2, -0.15) is 0 Å². The number of fused-ring (bicyclic) bond motifs is 1. The molecule has 2 N–H and O–H groups in total. The summed E-state index contributed by atoms with van der Waals surface area (Å²) in [5.74, 6) is 0.600. The van der Waals surface area contributed by atoms with Crippen LogP contribution < -0.4 is 15.4 Å². The van der Waals surface area contributed by atoms with E-state index < -0.39 is 0 Å². The standard InChI is InChI=1S/C20H23ClN2O2/c1-13-10-18(19(25-2)11-16(13)21)22-12-20(24)23-17-9-5-7-14-6-3-4-8-15(14)17/h3-4,6,8,10-11,17,22H,5,7,9,12H2,1-2H3,(H,23,24). The molecule has 1 aliphatic carbocycles. The largest absolute Gasteiger partial charge is 0.495 e. The van der Waals surface area contributed by atoms with Crippen molar-refractivity contribution in [3.05, 3.63) is 58.1 Å². The van der Waals surface area contributed by atoms with Gasteiger partial charge in [0.05, 0.1) is 25.4 Å². The van der Waals surface area contributed by atoms with Crippen LogP contribution in [0.3, 0.4) is 0 Å². The lowest BCUT2D eigenvalue weighted by Gasteiger charge is -2.26. The molecule has 1 amide bonds. The number of anilines is 1. The van der Waals surface area contributed by atoms with Crippen LogP contribution in [0.1, 0.15) is 35.6 Å². The molecule has 0 aliphatic heterocycles.